The Hall–Kier alpha value is -2.30. The van der Waals surface area contributed by atoms with Gasteiger partial charge < -0.3 is 5.32 Å². The van der Waals surface area contributed by atoms with Crippen LogP contribution >= 0.6 is 0 Å². The molecule has 1 N–H and O–H groups in total. The summed E-state index contributed by atoms with van der Waals surface area (Å²) in [4.78, 5) is 23.4. The smallest absolute Gasteiger partial charge is 0.293 e. The zero-order valence-electron chi connectivity index (χ0n) is 8.71. The summed E-state index contributed by atoms with van der Waals surface area (Å²) in [6, 6.07) is 3.40. The highest BCUT2D eigenvalue weighted by Crippen LogP contribution is 2.04. The molecule has 0 radical (unpaired) electrons. The number of hydrogen-bond donors (Lipinski definition) is 1. The summed E-state index contributed by atoms with van der Waals surface area (Å²) in [6.45, 7) is 1.87. The van der Waals surface area contributed by atoms with Crippen molar-refractivity contribution in [1.82, 2.24) is 15.0 Å². The van der Waals surface area contributed by atoms with Gasteiger partial charge in [0.2, 0.25) is 5.82 Å². The average molecular weight is 214 g/mol. The average Bonchev–Trinajstić information content (AvgIpc) is 2.31. The van der Waals surface area contributed by atoms with Gasteiger partial charge in [0, 0.05) is 30.5 Å². The second kappa shape index (κ2) is 4.48. The molecule has 5 nitrogen and oxygen atoms in total. The van der Waals surface area contributed by atoms with E-state index in [1.165, 1.54) is 0 Å². The quantitative estimate of drug-likeness (QED) is 0.821. The normalized spacial score (nSPS) is 9.81. The highest BCUT2D eigenvalue weighted by Gasteiger charge is 2.08. The largest absolute Gasteiger partial charge is 0.319 e. The fourth-order valence-corrected chi connectivity index (χ4v) is 1.13. The predicted molar refractivity (Wildman–Crippen MR) is 59.0 cm³/mol. The van der Waals surface area contributed by atoms with E-state index in [0.29, 0.717) is 5.69 Å². The summed E-state index contributed by atoms with van der Waals surface area (Å²) in [5.74, 6) is -0.173. The lowest BCUT2D eigenvalue weighted by molar-refractivity contribution is 0.101. The van der Waals surface area contributed by atoms with Gasteiger partial charge in [-0.05, 0) is 24.6 Å². The topological polar surface area (TPSA) is 67.8 Å². The molecule has 5 heteroatoms. The molecule has 0 aliphatic rings. The van der Waals surface area contributed by atoms with Gasteiger partial charge in [-0.25, -0.2) is 9.97 Å². The minimum atomic E-state index is -0.328. The number of nitrogens with one attached hydrogen (secondary N) is 1. The van der Waals surface area contributed by atoms with E-state index in [1.54, 1.807) is 36.9 Å². The van der Waals surface area contributed by atoms with E-state index >= 15 is 0 Å². The number of carbonyl (C=O) groups excluding carboxylic acids is 1. The minimum absolute atomic E-state index is 0.155. The molecule has 16 heavy (non-hydrogen) atoms. The Morgan fingerprint density at radius 2 is 1.81 bits per heavy atom. The van der Waals surface area contributed by atoms with Gasteiger partial charge in [-0.2, -0.15) is 0 Å². The Kier molecular flexibility index (Phi) is 2.86. The molecule has 1 amide bonds. The molecule has 2 aromatic rings. The van der Waals surface area contributed by atoms with Gasteiger partial charge in [-0.1, -0.05) is 0 Å². The Balaban J connectivity index is 2.12. The van der Waals surface area contributed by atoms with E-state index < -0.39 is 0 Å². The number of rotatable bonds is 2. The molecule has 0 aliphatic carbocycles. The van der Waals surface area contributed by atoms with E-state index in [4.69, 9.17) is 0 Å². The maximum absolute atomic E-state index is 11.7. The molecule has 2 heterocycles. The highest BCUT2D eigenvalue weighted by atomic mass is 16.2. The van der Waals surface area contributed by atoms with Crippen LogP contribution in [-0.4, -0.2) is 20.9 Å². The van der Waals surface area contributed by atoms with E-state index in [-0.39, 0.29) is 11.7 Å². The molecule has 0 aliphatic heterocycles. The van der Waals surface area contributed by atoms with Crippen molar-refractivity contribution in [2.24, 2.45) is 0 Å². The fourth-order valence-electron chi connectivity index (χ4n) is 1.13. The molecule has 0 saturated carbocycles. The molecule has 2 rings (SSSR count). The van der Waals surface area contributed by atoms with Crippen LogP contribution < -0.4 is 5.32 Å². The standard InChI is InChI=1S/C11H10N4O/c1-8-6-13-10(14-7-8)11(16)15-9-2-4-12-5-3-9/h2-7H,1H3,(H,12,15,16). The lowest BCUT2D eigenvalue weighted by Gasteiger charge is -2.02. The lowest BCUT2D eigenvalue weighted by Crippen LogP contribution is -2.15. The van der Waals surface area contributed by atoms with Crippen LogP contribution in [0.5, 0.6) is 0 Å². The summed E-state index contributed by atoms with van der Waals surface area (Å²) in [7, 11) is 0. The second-order valence-corrected chi connectivity index (χ2v) is 3.27. The van der Waals surface area contributed by atoms with Crippen LogP contribution in [0.1, 0.15) is 16.2 Å². The first-order valence-electron chi connectivity index (χ1n) is 4.76. The fraction of sp³-hybridized carbons (Fsp3) is 0.0909. The maximum atomic E-state index is 11.7. The number of nitrogens with zero attached hydrogens (tertiary/aromatic N) is 3. The lowest BCUT2D eigenvalue weighted by atomic mass is 10.3. The third-order valence-corrected chi connectivity index (χ3v) is 1.92. The summed E-state index contributed by atoms with van der Waals surface area (Å²) >= 11 is 0. The molecule has 0 spiro atoms. The van der Waals surface area contributed by atoms with E-state index in [2.05, 4.69) is 20.3 Å². The number of pyridine rings is 1. The van der Waals surface area contributed by atoms with Gasteiger partial charge >= 0.3 is 0 Å². The summed E-state index contributed by atoms with van der Waals surface area (Å²) in [6.07, 6.45) is 6.42. The van der Waals surface area contributed by atoms with Crippen LogP contribution in [0.15, 0.2) is 36.9 Å². The molecule has 0 atom stereocenters. The Morgan fingerprint density at radius 1 is 1.19 bits per heavy atom. The molecular formula is C11H10N4O. The maximum Gasteiger partial charge on any atom is 0.293 e. The minimum Gasteiger partial charge on any atom is -0.319 e. The molecule has 0 aromatic carbocycles. The number of hydrogen-bond acceptors (Lipinski definition) is 4. The predicted octanol–water partition coefficient (Wildman–Crippen LogP) is 1.43. The van der Waals surface area contributed by atoms with Crippen molar-refractivity contribution in [1.29, 1.82) is 0 Å². The van der Waals surface area contributed by atoms with Crippen molar-refractivity contribution in [3.05, 3.63) is 48.3 Å². The number of aryl methyl sites for hydroxylation is 1. The highest BCUT2D eigenvalue weighted by molar-refractivity contribution is 6.01. The van der Waals surface area contributed by atoms with Crippen LogP contribution in [0.3, 0.4) is 0 Å². The first kappa shape index (κ1) is 10.2. The van der Waals surface area contributed by atoms with Crippen LogP contribution in [0.25, 0.3) is 0 Å². The van der Waals surface area contributed by atoms with Gasteiger partial charge in [0.25, 0.3) is 5.91 Å². The zero-order chi connectivity index (χ0) is 11.4. The summed E-state index contributed by atoms with van der Waals surface area (Å²) < 4.78 is 0. The Bertz CT molecular complexity index is 481. The SMILES string of the molecule is Cc1cnc(C(=O)Nc2ccncc2)nc1. The monoisotopic (exact) mass is 214 g/mol. The molecular weight excluding hydrogens is 204 g/mol. The van der Waals surface area contributed by atoms with Crippen molar-refractivity contribution in [2.45, 2.75) is 6.92 Å². The zero-order valence-corrected chi connectivity index (χ0v) is 8.71. The van der Waals surface area contributed by atoms with Crippen LogP contribution in [-0.2, 0) is 0 Å². The number of carbonyl (C=O) groups is 1. The van der Waals surface area contributed by atoms with Gasteiger partial charge in [0.05, 0.1) is 0 Å². The van der Waals surface area contributed by atoms with Crippen LogP contribution in [0.4, 0.5) is 5.69 Å². The number of amides is 1. The third-order valence-electron chi connectivity index (χ3n) is 1.92. The van der Waals surface area contributed by atoms with Crippen LogP contribution in [0, 0.1) is 6.92 Å². The van der Waals surface area contributed by atoms with E-state index in [1.807, 2.05) is 6.92 Å². The van der Waals surface area contributed by atoms with Gasteiger partial charge in [0.15, 0.2) is 0 Å². The van der Waals surface area contributed by atoms with E-state index in [0.717, 1.165) is 5.56 Å². The first-order valence-corrected chi connectivity index (χ1v) is 4.76. The number of aromatic nitrogens is 3. The van der Waals surface area contributed by atoms with Gasteiger partial charge in [-0.3, -0.25) is 9.78 Å². The third kappa shape index (κ3) is 2.38. The number of anilines is 1. The first-order chi connectivity index (χ1) is 7.75. The van der Waals surface area contributed by atoms with Crippen molar-refractivity contribution in [3.8, 4) is 0 Å². The molecule has 0 bridgehead atoms. The Labute approximate surface area is 92.6 Å². The van der Waals surface area contributed by atoms with Crippen molar-refractivity contribution in [3.63, 3.8) is 0 Å². The van der Waals surface area contributed by atoms with E-state index in [9.17, 15) is 4.79 Å². The van der Waals surface area contributed by atoms with Crippen molar-refractivity contribution in [2.75, 3.05) is 5.32 Å². The Morgan fingerprint density at radius 3 is 2.44 bits per heavy atom. The molecule has 80 valence electrons. The molecule has 0 unspecified atom stereocenters. The molecule has 2 aromatic heterocycles. The van der Waals surface area contributed by atoms with Crippen molar-refractivity contribution >= 4 is 11.6 Å². The molecule has 0 saturated heterocycles. The van der Waals surface area contributed by atoms with Crippen molar-refractivity contribution < 1.29 is 4.79 Å². The van der Waals surface area contributed by atoms with Gasteiger partial charge in [-0.15, -0.1) is 0 Å². The summed E-state index contributed by atoms with van der Waals surface area (Å²) in [5.41, 5.74) is 1.59. The second-order valence-electron chi connectivity index (χ2n) is 3.27. The molecule has 0 fully saturated rings. The summed E-state index contributed by atoms with van der Waals surface area (Å²) in [5, 5.41) is 2.67. The van der Waals surface area contributed by atoms with Crippen LogP contribution in [0.2, 0.25) is 0 Å². The van der Waals surface area contributed by atoms with Gasteiger partial charge in [0.1, 0.15) is 0 Å².